The van der Waals surface area contributed by atoms with Gasteiger partial charge in [-0.2, -0.15) is 11.8 Å². The Morgan fingerprint density at radius 3 is 1.24 bits per heavy atom. The maximum Gasteiger partial charge on any atom is 0.0701 e. The van der Waals surface area contributed by atoms with Crippen LogP contribution in [0.5, 0.6) is 0 Å². The lowest BCUT2D eigenvalue weighted by molar-refractivity contribution is 0.0406. The average Bonchev–Trinajstić information content (AvgIpc) is 2.77. The van der Waals surface area contributed by atoms with Crippen molar-refractivity contribution < 1.29 is 18.9 Å². The summed E-state index contributed by atoms with van der Waals surface area (Å²) >= 11 is 1.88. The summed E-state index contributed by atoms with van der Waals surface area (Å²) in [7, 11) is 0. The second-order valence-electron chi connectivity index (χ2n) is 7.87. The summed E-state index contributed by atoms with van der Waals surface area (Å²) in [5.41, 5.74) is 0. The third-order valence-corrected chi connectivity index (χ3v) is 6.40. The molecule has 0 atom stereocenters. The lowest BCUT2D eigenvalue weighted by Crippen LogP contribution is -2.32. The molecule has 0 saturated carbocycles. The van der Waals surface area contributed by atoms with Gasteiger partial charge >= 0.3 is 0 Å². The van der Waals surface area contributed by atoms with Crippen molar-refractivity contribution in [1.29, 1.82) is 0 Å². The van der Waals surface area contributed by atoms with E-state index in [1.807, 2.05) is 11.8 Å². The molecule has 0 N–H and O–H groups in total. The molecule has 172 valence electrons. The van der Waals surface area contributed by atoms with E-state index >= 15 is 0 Å². The molecule has 0 amide bonds. The summed E-state index contributed by atoms with van der Waals surface area (Å²) in [4.78, 5) is 5.01. The largest absolute Gasteiger partial charge is 0.378 e. The molecule has 6 nitrogen and oxygen atoms in total. The van der Waals surface area contributed by atoms with Gasteiger partial charge in [0, 0.05) is 24.6 Å². The van der Waals surface area contributed by atoms with E-state index in [4.69, 9.17) is 18.9 Å². The van der Waals surface area contributed by atoms with E-state index in [9.17, 15) is 0 Å². The highest BCUT2D eigenvalue weighted by atomic mass is 32.2. The first kappa shape index (κ1) is 25.4. The first-order valence-electron chi connectivity index (χ1n) is 11.8. The van der Waals surface area contributed by atoms with Crippen LogP contribution in [0.1, 0.15) is 38.5 Å². The van der Waals surface area contributed by atoms with Gasteiger partial charge < -0.3 is 28.7 Å². The quantitative estimate of drug-likeness (QED) is 0.309. The summed E-state index contributed by atoms with van der Waals surface area (Å²) in [5.74, 6) is 2.03. The van der Waals surface area contributed by atoms with Crippen LogP contribution in [0.2, 0.25) is 0 Å². The monoisotopic (exact) mass is 432 g/mol. The zero-order valence-corrected chi connectivity index (χ0v) is 19.3. The standard InChI is InChI=1S/C22H44N2O4S/c1-3-7-23(8-4-1)11-13-25-15-17-27-19-21-29-22-20-28-18-16-26-14-12-24-9-5-2-6-10-24/h1-22H2. The molecule has 0 aromatic carbocycles. The van der Waals surface area contributed by atoms with Crippen molar-refractivity contribution in [2.24, 2.45) is 0 Å². The van der Waals surface area contributed by atoms with Gasteiger partial charge in [-0.1, -0.05) is 12.8 Å². The molecule has 7 heteroatoms. The topological polar surface area (TPSA) is 43.4 Å². The van der Waals surface area contributed by atoms with E-state index in [-0.39, 0.29) is 0 Å². The summed E-state index contributed by atoms with van der Waals surface area (Å²) < 4.78 is 22.6. The SMILES string of the molecule is C1CCN(CCOCCOCCSCCOCCOCCN2CCCCC2)CC1. The minimum Gasteiger partial charge on any atom is -0.378 e. The van der Waals surface area contributed by atoms with Crippen LogP contribution in [0.4, 0.5) is 0 Å². The van der Waals surface area contributed by atoms with Crippen LogP contribution in [-0.4, -0.2) is 113 Å². The Hall–Kier alpha value is 0.110. The first-order valence-corrected chi connectivity index (χ1v) is 12.9. The van der Waals surface area contributed by atoms with Crippen LogP contribution in [0.3, 0.4) is 0 Å². The molecule has 2 aliphatic rings. The van der Waals surface area contributed by atoms with Gasteiger partial charge in [-0.15, -0.1) is 0 Å². The van der Waals surface area contributed by atoms with Gasteiger partial charge in [0.1, 0.15) is 0 Å². The molecule has 2 fully saturated rings. The zero-order chi connectivity index (χ0) is 20.2. The lowest BCUT2D eigenvalue weighted by atomic mass is 10.1. The molecule has 0 aromatic heterocycles. The van der Waals surface area contributed by atoms with Crippen LogP contribution in [0.25, 0.3) is 0 Å². The van der Waals surface area contributed by atoms with Gasteiger partial charge in [0.25, 0.3) is 0 Å². The summed E-state index contributed by atoms with van der Waals surface area (Å²) in [6.45, 7) is 13.2. The van der Waals surface area contributed by atoms with Crippen LogP contribution in [0, 0.1) is 0 Å². The Bertz CT molecular complexity index is 322. The maximum absolute atomic E-state index is 5.66. The van der Waals surface area contributed by atoms with E-state index in [2.05, 4.69) is 9.80 Å². The number of nitrogens with zero attached hydrogens (tertiary/aromatic N) is 2. The van der Waals surface area contributed by atoms with Crippen LogP contribution < -0.4 is 0 Å². The van der Waals surface area contributed by atoms with Crippen molar-refractivity contribution in [2.75, 3.05) is 104 Å². The molecule has 2 saturated heterocycles. The van der Waals surface area contributed by atoms with Crippen molar-refractivity contribution in [3.8, 4) is 0 Å². The number of likely N-dealkylation sites (tertiary alicyclic amines) is 2. The molecule has 29 heavy (non-hydrogen) atoms. The van der Waals surface area contributed by atoms with Crippen molar-refractivity contribution in [3.05, 3.63) is 0 Å². The first-order chi connectivity index (χ1) is 14.4. The molecular weight excluding hydrogens is 388 g/mol. The predicted molar refractivity (Wildman–Crippen MR) is 121 cm³/mol. The fraction of sp³-hybridized carbons (Fsp3) is 1.00. The van der Waals surface area contributed by atoms with Gasteiger partial charge in [0.15, 0.2) is 0 Å². The van der Waals surface area contributed by atoms with E-state index in [0.29, 0.717) is 26.4 Å². The minimum atomic E-state index is 0.700. The highest BCUT2D eigenvalue weighted by Gasteiger charge is 2.09. The summed E-state index contributed by atoms with van der Waals surface area (Å²) in [6, 6.07) is 0. The summed E-state index contributed by atoms with van der Waals surface area (Å²) in [6.07, 6.45) is 8.17. The van der Waals surface area contributed by atoms with E-state index < -0.39 is 0 Å². The second-order valence-corrected chi connectivity index (χ2v) is 9.09. The lowest BCUT2D eigenvalue weighted by Gasteiger charge is -2.26. The van der Waals surface area contributed by atoms with Gasteiger partial charge in [-0.05, 0) is 51.9 Å². The Balaban J connectivity index is 1.19. The Labute approximate surface area is 182 Å². The van der Waals surface area contributed by atoms with Gasteiger partial charge in [0.2, 0.25) is 0 Å². The summed E-state index contributed by atoms with van der Waals surface area (Å²) in [5, 5.41) is 0. The molecule has 0 bridgehead atoms. The fourth-order valence-corrected chi connectivity index (χ4v) is 4.41. The number of hydrogen-bond acceptors (Lipinski definition) is 7. The van der Waals surface area contributed by atoms with Crippen molar-refractivity contribution in [1.82, 2.24) is 9.80 Å². The average molecular weight is 433 g/mol. The minimum absolute atomic E-state index is 0.700. The highest BCUT2D eigenvalue weighted by Crippen LogP contribution is 2.08. The normalized spacial score (nSPS) is 19.0. The third kappa shape index (κ3) is 14.7. The molecule has 0 aliphatic carbocycles. The van der Waals surface area contributed by atoms with E-state index in [1.54, 1.807) is 0 Å². The van der Waals surface area contributed by atoms with Gasteiger partial charge in [-0.25, -0.2) is 0 Å². The molecule has 0 aromatic rings. The molecule has 0 unspecified atom stereocenters. The molecule has 0 radical (unpaired) electrons. The molecule has 2 heterocycles. The highest BCUT2D eigenvalue weighted by molar-refractivity contribution is 7.99. The number of rotatable bonds is 18. The number of piperidine rings is 2. The van der Waals surface area contributed by atoms with Crippen LogP contribution in [0.15, 0.2) is 0 Å². The zero-order valence-electron chi connectivity index (χ0n) is 18.5. The number of thioether (sulfide) groups is 1. The van der Waals surface area contributed by atoms with E-state index in [0.717, 1.165) is 51.0 Å². The Morgan fingerprint density at radius 1 is 0.448 bits per heavy atom. The molecule has 2 rings (SSSR count). The van der Waals surface area contributed by atoms with Crippen molar-refractivity contribution in [3.63, 3.8) is 0 Å². The number of hydrogen-bond donors (Lipinski definition) is 0. The molecule has 2 aliphatic heterocycles. The van der Waals surface area contributed by atoms with E-state index in [1.165, 1.54) is 64.7 Å². The van der Waals surface area contributed by atoms with Gasteiger partial charge in [-0.3, -0.25) is 0 Å². The predicted octanol–water partition coefficient (Wildman–Crippen LogP) is 2.76. The Morgan fingerprint density at radius 2 is 0.828 bits per heavy atom. The van der Waals surface area contributed by atoms with Crippen LogP contribution >= 0.6 is 11.8 Å². The van der Waals surface area contributed by atoms with Gasteiger partial charge in [0.05, 0.1) is 52.9 Å². The second kappa shape index (κ2) is 18.8. The third-order valence-electron chi connectivity index (χ3n) is 5.49. The molecule has 0 spiro atoms. The number of ether oxygens (including phenoxy) is 4. The fourth-order valence-electron chi connectivity index (χ4n) is 3.74. The van der Waals surface area contributed by atoms with Crippen molar-refractivity contribution >= 4 is 11.8 Å². The smallest absolute Gasteiger partial charge is 0.0701 e. The molecular formula is C22H44N2O4S. The van der Waals surface area contributed by atoms with Crippen molar-refractivity contribution in [2.45, 2.75) is 38.5 Å². The Kier molecular flexibility index (Phi) is 16.5. The van der Waals surface area contributed by atoms with Crippen LogP contribution in [-0.2, 0) is 18.9 Å². The maximum atomic E-state index is 5.66.